The van der Waals surface area contributed by atoms with Gasteiger partial charge in [-0.2, -0.15) is 0 Å². The lowest BCUT2D eigenvalue weighted by molar-refractivity contribution is 0.737. The molecule has 0 amide bonds. The van der Waals surface area contributed by atoms with Gasteiger partial charge < -0.3 is 0 Å². The average molecular weight is 642 g/mol. The van der Waals surface area contributed by atoms with E-state index < -0.39 is 0 Å². The van der Waals surface area contributed by atoms with E-state index in [2.05, 4.69) is 113 Å². The molecule has 6 aromatic rings. The summed E-state index contributed by atoms with van der Waals surface area (Å²) in [7, 11) is 0. The van der Waals surface area contributed by atoms with Crippen molar-refractivity contribution in [2.24, 2.45) is 0 Å². The van der Waals surface area contributed by atoms with Crippen molar-refractivity contribution >= 4 is 33.0 Å². The first-order chi connectivity index (χ1) is 22.8. The Morgan fingerprint density at radius 3 is 0.875 bits per heavy atom. The lowest BCUT2D eigenvalue weighted by Gasteiger charge is -2.15. The van der Waals surface area contributed by atoms with Gasteiger partial charge in [-0.3, -0.25) is 4.98 Å². The standard InChI is InChI=1S/C15H19N.2C14H18N2/c1-10(2)13-9-12-7-5-6-8-14(12)16-15(13)11(3)4;2*1-9(2)13-14(10(3)4)16-12-8-6-5-7-11(12)15-13/h5-11H,1-4H3;2*5-10H,1-4H3. The summed E-state index contributed by atoms with van der Waals surface area (Å²) in [6.07, 6.45) is 0. The van der Waals surface area contributed by atoms with Gasteiger partial charge in [-0.1, -0.05) is 126 Å². The van der Waals surface area contributed by atoms with Crippen LogP contribution < -0.4 is 0 Å². The number of fused-ring (bicyclic) bond motifs is 3. The number of hydrogen-bond donors (Lipinski definition) is 0. The van der Waals surface area contributed by atoms with Gasteiger partial charge in [0.1, 0.15) is 0 Å². The van der Waals surface area contributed by atoms with Crippen LogP contribution in [0.15, 0.2) is 78.9 Å². The minimum absolute atomic E-state index is 0.425. The van der Waals surface area contributed by atoms with E-state index in [1.54, 1.807) is 0 Å². The first-order valence-electron chi connectivity index (χ1n) is 17.7. The molecule has 0 N–H and O–H groups in total. The lowest BCUT2D eigenvalue weighted by atomic mass is 9.94. The molecule has 3 aromatic carbocycles. The zero-order valence-electron chi connectivity index (χ0n) is 31.2. The average Bonchev–Trinajstić information content (AvgIpc) is 3.06. The second-order valence-corrected chi connectivity index (χ2v) is 14.5. The van der Waals surface area contributed by atoms with Crippen molar-refractivity contribution in [3.05, 3.63) is 113 Å². The zero-order chi connectivity index (χ0) is 35.1. The van der Waals surface area contributed by atoms with Crippen molar-refractivity contribution < 1.29 is 0 Å². The quantitative estimate of drug-likeness (QED) is 0.181. The van der Waals surface area contributed by atoms with Crippen molar-refractivity contribution in [1.29, 1.82) is 0 Å². The Labute approximate surface area is 288 Å². The molecule has 3 aromatic heterocycles. The van der Waals surface area contributed by atoms with E-state index in [9.17, 15) is 0 Å². The third kappa shape index (κ3) is 8.80. The summed E-state index contributed by atoms with van der Waals surface area (Å²) in [5.74, 6) is 2.73. The summed E-state index contributed by atoms with van der Waals surface area (Å²) >= 11 is 0. The van der Waals surface area contributed by atoms with E-state index >= 15 is 0 Å². The van der Waals surface area contributed by atoms with Crippen molar-refractivity contribution in [2.75, 3.05) is 0 Å². The molecule has 48 heavy (non-hydrogen) atoms. The van der Waals surface area contributed by atoms with Crippen LogP contribution in [-0.2, 0) is 0 Å². The summed E-state index contributed by atoms with van der Waals surface area (Å²) in [6, 6.07) is 26.8. The Bertz CT molecular complexity index is 1590. The highest BCUT2D eigenvalue weighted by atomic mass is 14.8. The Hall–Kier alpha value is -4.25. The molecule has 0 aliphatic carbocycles. The van der Waals surface area contributed by atoms with Crippen LogP contribution >= 0.6 is 0 Å². The number of rotatable bonds is 6. The minimum Gasteiger partial charge on any atom is -0.252 e. The van der Waals surface area contributed by atoms with Gasteiger partial charge in [0.15, 0.2) is 0 Å². The number of nitrogens with zero attached hydrogens (tertiary/aromatic N) is 5. The molecule has 0 bridgehead atoms. The molecule has 3 heterocycles. The largest absolute Gasteiger partial charge is 0.252 e. The Morgan fingerprint density at radius 2 is 0.583 bits per heavy atom. The second kappa shape index (κ2) is 16.2. The number of benzene rings is 3. The Kier molecular flexibility index (Phi) is 12.4. The molecule has 0 saturated carbocycles. The molecule has 0 radical (unpaired) electrons. The maximum absolute atomic E-state index is 4.80. The van der Waals surface area contributed by atoms with E-state index in [1.807, 2.05) is 48.5 Å². The van der Waals surface area contributed by atoms with E-state index in [0.29, 0.717) is 35.5 Å². The van der Waals surface area contributed by atoms with Crippen LogP contribution in [0.2, 0.25) is 0 Å². The summed E-state index contributed by atoms with van der Waals surface area (Å²) < 4.78 is 0. The smallest absolute Gasteiger partial charge is 0.0890 e. The van der Waals surface area contributed by atoms with Crippen molar-refractivity contribution in [3.8, 4) is 0 Å². The van der Waals surface area contributed by atoms with Crippen LogP contribution in [0.4, 0.5) is 0 Å². The fourth-order valence-electron chi connectivity index (χ4n) is 5.83. The molecule has 5 heteroatoms. The summed E-state index contributed by atoms with van der Waals surface area (Å²) in [5, 5.41) is 1.25. The van der Waals surface area contributed by atoms with Crippen LogP contribution in [0.25, 0.3) is 33.0 Å². The molecule has 0 unspecified atom stereocenters. The number of para-hydroxylation sites is 5. The lowest BCUT2D eigenvalue weighted by Crippen LogP contribution is -2.05. The van der Waals surface area contributed by atoms with Crippen LogP contribution in [0.5, 0.6) is 0 Å². The van der Waals surface area contributed by atoms with Gasteiger partial charge in [0.2, 0.25) is 0 Å². The first kappa shape index (κ1) is 36.6. The molecular formula is C43H55N5. The normalized spacial score (nSPS) is 11.6. The van der Waals surface area contributed by atoms with Gasteiger partial charge >= 0.3 is 0 Å². The van der Waals surface area contributed by atoms with Crippen LogP contribution in [-0.4, -0.2) is 24.9 Å². The van der Waals surface area contributed by atoms with Gasteiger partial charge in [-0.05, 0) is 77.5 Å². The maximum atomic E-state index is 4.80. The van der Waals surface area contributed by atoms with Crippen molar-refractivity contribution in [1.82, 2.24) is 24.9 Å². The van der Waals surface area contributed by atoms with Crippen LogP contribution in [0.3, 0.4) is 0 Å². The van der Waals surface area contributed by atoms with E-state index in [-0.39, 0.29) is 0 Å². The molecule has 252 valence electrons. The van der Waals surface area contributed by atoms with E-state index in [0.717, 1.165) is 50.4 Å². The van der Waals surface area contributed by atoms with Crippen LogP contribution in [0, 0.1) is 0 Å². The molecule has 0 spiro atoms. The second-order valence-electron chi connectivity index (χ2n) is 14.5. The van der Waals surface area contributed by atoms with Gasteiger partial charge in [0.25, 0.3) is 0 Å². The summed E-state index contributed by atoms with van der Waals surface area (Å²) in [6.45, 7) is 26.3. The molecule has 5 nitrogen and oxygen atoms in total. The highest BCUT2D eigenvalue weighted by Crippen LogP contribution is 2.29. The topological polar surface area (TPSA) is 64.5 Å². The van der Waals surface area contributed by atoms with Crippen molar-refractivity contribution in [2.45, 2.75) is 119 Å². The fourth-order valence-corrected chi connectivity index (χ4v) is 5.83. The predicted octanol–water partition coefficient (Wildman–Crippen LogP) is 12.2. The molecule has 0 atom stereocenters. The van der Waals surface area contributed by atoms with Gasteiger partial charge in [0, 0.05) is 11.1 Å². The highest BCUT2D eigenvalue weighted by molar-refractivity contribution is 5.79. The van der Waals surface area contributed by atoms with E-state index in [4.69, 9.17) is 24.9 Å². The number of hydrogen-bond acceptors (Lipinski definition) is 5. The molecule has 0 aliphatic rings. The molecule has 0 saturated heterocycles. The monoisotopic (exact) mass is 641 g/mol. The summed E-state index contributed by atoms with van der Waals surface area (Å²) in [5.41, 5.74) is 12.3. The predicted molar refractivity (Wildman–Crippen MR) is 205 cm³/mol. The minimum atomic E-state index is 0.425. The highest BCUT2D eigenvalue weighted by Gasteiger charge is 2.16. The zero-order valence-corrected chi connectivity index (χ0v) is 31.2. The third-order valence-corrected chi connectivity index (χ3v) is 8.39. The molecular weight excluding hydrogens is 587 g/mol. The van der Waals surface area contributed by atoms with Gasteiger partial charge in [-0.15, -0.1) is 0 Å². The number of aromatic nitrogens is 5. The van der Waals surface area contributed by atoms with Gasteiger partial charge in [-0.25, -0.2) is 19.9 Å². The van der Waals surface area contributed by atoms with Crippen LogP contribution in [0.1, 0.15) is 153 Å². The van der Waals surface area contributed by atoms with Gasteiger partial charge in [0.05, 0.1) is 50.4 Å². The maximum Gasteiger partial charge on any atom is 0.0890 e. The van der Waals surface area contributed by atoms with Crippen molar-refractivity contribution in [3.63, 3.8) is 0 Å². The SMILES string of the molecule is CC(C)c1cc2ccccc2nc1C(C)C.CC(C)c1nc2ccccc2nc1C(C)C.CC(C)c1nc2ccccc2nc1C(C)C. The molecule has 0 aliphatic heterocycles. The fraction of sp³-hybridized carbons (Fsp3) is 0.419. The Balaban J connectivity index is 0.000000163. The first-order valence-corrected chi connectivity index (χ1v) is 17.7. The Morgan fingerprint density at radius 1 is 0.312 bits per heavy atom. The molecule has 0 fully saturated rings. The third-order valence-electron chi connectivity index (χ3n) is 8.39. The van der Waals surface area contributed by atoms with E-state index in [1.165, 1.54) is 16.6 Å². The number of pyridine rings is 1. The molecule has 6 rings (SSSR count). The summed E-state index contributed by atoms with van der Waals surface area (Å²) in [4.78, 5) is 23.7.